The van der Waals surface area contributed by atoms with Crippen molar-refractivity contribution < 1.29 is 9.84 Å². The van der Waals surface area contributed by atoms with Gasteiger partial charge in [0.1, 0.15) is 18.5 Å². The van der Waals surface area contributed by atoms with Gasteiger partial charge in [-0.3, -0.25) is 0 Å². The maximum Gasteiger partial charge on any atom is 0.122 e. The third-order valence-electron chi connectivity index (χ3n) is 4.67. The van der Waals surface area contributed by atoms with Gasteiger partial charge in [-0.2, -0.15) is 0 Å². The van der Waals surface area contributed by atoms with E-state index in [1.165, 1.54) is 37.7 Å². The normalized spacial score (nSPS) is 17.9. The smallest absolute Gasteiger partial charge is 0.122 e. The van der Waals surface area contributed by atoms with Crippen molar-refractivity contribution in [2.24, 2.45) is 0 Å². The van der Waals surface area contributed by atoms with Crippen LogP contribution in [0.15, 0.2) is 24.3 Å². The first-order chi connectivity index (χ1) is 10.6. The van der Waals surface area contributed by atoms with Crippen LogP contribution in [0.3, 0.4) is 0 Å². The van der Waals surface area contributed by atoms with Crippen molar-refractivity contribution in [2.75, 3.05) is 20.2 Å². The standard InChI is InChI=1S/C19H31NO2/c1-15(2)18-11-7-8-12-19(18)22-14-17(21)13-20(3)16-9-5-4-6-10-16/h7-8,11-12,15-17,21H,4-6,9-10,13-14H2,1-3H3/t17-/m1/s1. The van der Waals surface area contributed by atoms with Crippen molar-refractivity contribution in [3.63, 3.8) is 0 Å². The lowest BCUT2D eigenvalue weighted by atomic mass is 9.94. The molecular weight excluding hydrogens is 274 g/mol. The molecule has 3 nitrogen and oxygen atoms in total. The van der Waals surface area contributed by atoms with E-state index in [0.29, 0.717) is 25.1 Å². The van der Waals surface area contributed by atoms with Crippen LogP contribution in [0, 0.1) is 0 Å². The summed E-state index contributed by atoms with van der Waals surface area (Å²) in [6.45, 7) is 5.38. The molecule has 0 saturated heterocycles. The zero-order valence-electron chi connectivity index (χ0n) is 14.3. The van der Waals surface area contributed by atoms with Gasteiger partial charge >= 0.3 is 0 Å². The Labute approximate surface area is 135 Å². The van der Waals surface area contributed by atoms with Gasteiger partial charge in [-0.05, 0) is 37.4 Å². The highest BCUT2D eigenvalue weighted by Gasteiger charge is 2.20. The van der Waals surface area contributed by atoms with E-state index in [1.807, 2.05) is 18.2 Å². The zero-order chi connectivity index (χ0) is 15.9. The molecule has 0 aliphatic heterocycles. The lowest BCUT2D eigenvalue weighted by molar-refractivity contribution is 0.0558. The molecule has 1 aliphatic carbocycles. The lowest BCUT2D eigenvalue weighted by Crippen LogP contribution is -2.40. The van der Waals surface area contributed by atoms with Crippen molar-refractivity contribution in [2.45, 2.75) is 64.0 Å². The Morgan fingerprint density at radius 3 is 2.55 bits per heavy atom. The van der Waals surface area contributed by atoms with Crippen LogP contribution in [0.5, 0.6) is 5.75 Å². The third kappa shape index (κ3) is 4.99. The first kappa shape index (κ1) is 17.3. The predicted octanol–water partition coefficient (Wildman–Crippen LogP) is 3.81. The molecule has 0 heterocycles. The molecule has 0 radical (unpaired) electrons. The number of para-hydroxylation sites is 1. The number of hydrogen-bond donors (Lipinski definition) is 1. The largest absolute Gasteiger partial charge is 0.491 e. The fourth-order valence-electron chi connectivity index (χ4n) is 3.33. The summed E-state index contributed by atoms with van der Waals surface area (Å²) in [6.07, 6.45) is 6.10. The maximum absolute atomic E-state index is 10.3. The summed E-state index contributed by atoms with van der Waals surface area (Å²) >= 11 is 0. The summed E-state index contributed by atoms with van der Waals surface area (Å²) in [4.78, 5) is 2.31. The summed E-state index contributed by atoms with van der Waals surface area (Å²) in [6, 6.07) is 8.75. The molecule has 0 aromatic heterocycles. The quantitative estimate of drug-likeness (QED) is 0.831. The van der Waals surface area contributed by atoms with Gasteiger partial charge in [0.25, 0.3) is 0 Å². The summed E-state index contributed by atoms with van der Waals surface area (Å²) in [5, 5.41) is 10.3. The number of nitrogens with zero attached hydrogens (tertiary/aromatic N) is 1. The minimum atomic E-state index is -0.438. The van der Waals surface area contributed by atoms with Crippen molar-refractivity contribution in [3.8, 4) is 5.75 Å². The highest BCUT2D eigenvalue weighted by molar-refractivity contribution is 5.35. The Bertz CT molecular complexity index is 441. The molecule has 22 heavy (non-hydrogen) atoms. The first-order valence-electron chi connectivity index (χ1n) is 8.68. The van der Waals surface area contributed by atoms with E-state index in [-0.39, 0.29) is 0 Å². The SMILES string of the molecule is CC(C)c1ccccc1OC[C@H](O)CN(C)C1CCCCC1. The molecule has 0 bridgehead atoms. The molecule has 3 heteroatoms. The molecule has 1 saturated carbocycles. The molecule has 1 aromatic carbocycles. The van der Waals surface area contributed by atoms with Crippen LogP contribution in [0.2, 0.25) is 0 Å². The van der Waals surface area contributed by atoms with Gasteiger partial charge < -0.3 is 14.7 Å². The van der Waals surface area contributed by atoms with E-state index in [0.717, 1.165) is 5.75 Å². The molecule has 124 valence electrons. The molecule has 0 amide bonds. The molecule has 1 aliphatic rings. The summed E-state index contributed by atoms with van der Waals surface area (Å²) in [7, 11) is 2.13. The summed E-state index contributed by atoms with van der Waals surface area (Å²) < 4.78 is 5.87. The van der Waals surface area contributed by atoms with Crippen molar-refractivity contribution in [1.82, 2.24) is 4.90 Å². The topological polar surface area (TPSA) is 32.7 Å². The predicted molar refractivity (Wildman–Crippen MR) is 91.5 cm³/mol. The van der Waals surface area contributed by atoms with Crippen LogP contribution in [0.1, 0.15) is 57.4 Å². The molecular formula is C19H31NO2. The van der Waals surface area contributed by atoms with E-state index in [2.05, 4.69) is 31.9 Å². The second kappa shape index (κ2) is 8.54. The highest BCUT2D eigenvalue weighted by Crippen LogP contribution is 2.26. The third-order valence-corrected chi connectivity index (χ3v) is 4.67. The number of likely N-dealkylation sites (N-methyl/N-ethyl adjacent to an activating group) is 1. The lowest BCUT2D eigenvalue weighted by Gasteiger charge is -2.32. The minimum absolute atomic E-state index is 0.362. The molecule has 1 fully saturated rings. The number of hydrogen-bond acceptors (Lipinski definition) is 3. The molecule has 1 atom stereocenters. The van der Waals surface area contributed by atoms with Gasteiger partial charge in [0.05, 0.1) is 0 Å². The number of benzene rings is 1. The fraction of sp³-hybridized carbons (Fsp3) is 0.684. The monoisotopic (exact) mass is 305 g/mol. The van der Waals surface area contributed by atoms with Crippen LogP contribution in [-0.2, 0) is 0 Å². The van der Waals surface area contributed by atoms with E-state index in [9.17, 15) is 5.11 Å². The molecule has 1 aromatic rings. The van der Waals surface area contributed by atoms with Crippen molar-refractivity contribution in [3.05, 3.63) is 29.8 Å². The van der Waals surface area contributed by atoms with E-state index in [1.54, 1.807) is 0 Å². The van der Waals surface area contributed by atoms with Gasteiger partial charge in [0, 0.05) is 12.6 Å². The van der Waals surface area contributed by atoms with Crippen LogP contribution in [0.4, 0.5) is 0 Å². The van der Waals surface area contributed by atoms with Gasteiger partial charge in [-0.15, -0.1) is 0 Å². The van der Waals surface area contributed by atoms with Crippen molar-refractivity contribution >= 4 is 0 Å². The van der Waals surface area contributed by atoms with E-state index < -0.39 is 6.10 Å². The van der Waals surface area contributed by atoms with Crippen LogP contribution in [0.25, 0.3) is 0 Å². The van der Waals surface area contributed by atoms with Gasteiger partial charge in [-0.1, -0.05) is 51.3 Å². The van der Waals surface area contributed by atoms with Crippen LogP contribution >= 0.6 is 0 Å². The maximum atomic E-state index is 10.3. The summed E-state index contributed by atoms with van der Waals surface area (Å²) in [5.41, 5.74) is 1.20. The van der Waals surface area contributed by atoms with Gasteiger partial charge in [0.2, 0.25) is 0 Å². The second-order valence-corrected chi connectivity index (χ2v) is 6.89. The molecule has 2 rings (SSSR count). The fourth-order valence-corrected chi connectivity index (χ4v) is 3.33. The van der Waals surface area contributed by atoms with E-state index in [4.69, 9.17) is 4.74 Å². The van der Waals surface area contributed by atoms with Gasteiger partial charge in [-0.25, -0.2) is 0 Å². The number of ether oxygens (including phenoxy) is 1. The Morgan fingerprint density at radius 2 is 1.86 bits per heavy atom. The Morgan fingerprint density at radius 1 is 1.18 bits per heavy atom. The second-order valence-electron chi connectivity index (χ2n) is 6.89. The number of rotatable bonds is 7. The summed E-state index contributed by atoms with van der Waals surface area (Å²) in [5.74, 6) is 1.33. The van der Waals surface area contributed by atoms with Crippen LogP contribution < -0.4 is 4.74 Å². The van der Waals surface area contributed by atoms with Crippen LogP contribution in [-0.4, -0.2) is 42.4 Å². The average molecular weight is 305 g/mol. The number of aliphatic hydroxyl groups excluding tert-OH is 1. The van der Waals surface area contributed by atoms with Gasteiger partial charge in [0.15, 0.2) is 0 Å². The molecule has 0 unspecified atom stereocenters. The van der Waals surface area contributed by atoms with Crippen molar-refractivity contribution in [1.29, 1.82) is 0 Å². The van der Waals surface area contributed by atoms with E-state index >= 15 is 0 Å². The highest BCUT2D eigenvalue weighted by atomic mass is 16.5. The molecule has 1 N–H and O–H groups in total. The Hall–Kier alpha value is -1.06. The first-order valence-corrected chi connectivity index (χ1v) is 8.68. The number of aliphatic hydroxyl groups is 1. The Kier molecular flexibility index (Phi) is 6.71. The Balaban J connectivity index is 1.81. The minimum Gasteiger partial charge on any atom is -0.491 e. The zero-order valence-corrected chi connectivity index (χ0v) is 14.3. The molecule has 0 spiro atoms. The average Bonchev–Trinajstić information content (AvgIpc) is 2.54.